The van der Waals surface area contributed by atoms with E-state index in [9.17, 15) is 5.11 Å². The summed E-state index contributed by atoms with van der Waals surface area (Å²) in [6, 6.07) is 0. The number of nitrogens with zero attached hydrogens (tertiary/aromatic N) is 3. The van der Waals surface area contributed by atoms with Gasteiger partial charge in [0, 0.05) is 19.0 Å². The maximum atomic E-state index is 10.9. The first-order valence-corrected chi connectivity index (χ1v) is 8.39. The van der Waals surface area contributed by atoms with Crippen molar-refractivity contribution < 1.29 is 5.11 Å². The van der Waals surface area contributed by atoms with Crippen molar-refractivity contribution in [1.82, 2.24) is 14.7 Å². The van der Waals surface area contributed by atoms with Crippen molar-refractivity contribution in [2.75, 3.05) is 13.1 Å². The lowest BCUT2D eigenvalue weighted by molar-refractivity contribution is -0.0335. The number of hydrogen-bond donors (Lipinski definition) is 1. The van der Waals surface area contributed by atoms with E-state index < -0.39 is 6.10 Å². The Morgan fingerprint density at radius 2 is 1.95 bits per heavy atom. The van der Waals surface area contributed by atoms with Crippen LogP contribution in [0.25, 0.3) is 0 Å². The Morgan fingerprint density at radius 3 is 2.43 bits per heavy atom. The van der Waals surface area contributed by atoms with E-state index in [4.69, 9.17) is 11.6 Å². The topological polar surface area (TPSA) is 41.3 Å². The van der Waals surface area contributed by atoms with Crippen molar-refractivity contribution >= 4 is 11.6 Å². The molecule has 4 nitrogen and oxygen atoms in total. The molecule has 2 rings (SSSR count). The van der Waals surface area contributed by atoms with Crippen LogP contribution in [0.1, 0.15) is 50.9 Å². The molecule has 1 aliphatic heterocycles. The molecule has 1 saturated heterocycles. The number of rotatable bonds is 5. The third-order valence-electron chi connectivity index (χ3n) is 5.16. The van der Waals surface area contributed by atoms with Gasteiger partial charge >= 0.3 is 0 Å². The molecule has 2 heterocycles. The van der Waals surface area contributed by atoms with Gasteiger partial charge < -0.3 is 5.11 Å². The average Bonchev–Trinajstić information content (AvgIpc) is 2.73. The maximum Gasteiger partial charge on any atom is 0.0847 e. The number of aromatic nitrogens is 2. The largest absolute Gasteiger partial charge is 0.391 e. The van der Waals surface area contributed by atoms with Crippen molar-refractivity contribution in [2.24, 2.45) is 7.05 Å². The molecule has 120 valence electrons. The van der Waals surface area contributed by atoms with Crippen LogP contribution in [-0.2, 0) is 13.5 Å². The summed E-state index contributed by atoms with van der Waals surface area (Å²) in [4.78, 5) is 2.46. The van der Waals surface area contributed by atoms with Gasteiger partial charge in [-0.1, -0.05) is 24.9 Å². The van der Waals surface area contributed by atoms with E-state index in [1.807, 2.05) is 14.0 Å². The summed E-state index contributed by atoms with van der Waals surface area (Å²) in [7, 11) is 1.89. The first-order chi connectivity index (χ1) is 9.90. The summed E-state index contributed by atoms with van der Waals surface area (Å²) >= 11 is 6.33. The summed E-state index contributed by atoms with van der Waals surface area (Å²) in [5, 5.41) is 15.9. The summed E-state index contributed by atoms with van der Waals surface area (Å²) in [5.74, 6) is 0. The summed E-state index contributed by atoms with van der Waals surface area (Å²) < 4.78 is 1.80. The first-order valence-electron chi connectivity index (χ1n) is 8.01. The molecule has 1 N–H and O–H groups in total. The van der Waals surface area contributed by atoms with E-state index in [1.165, 1.54) is 19.3 Å². The van der Waals surface area contributed by atoms with E-state index in [2.05, 4.69) is 23.8 Å². The molecular weight excluding hydrogens is 286 g/mol. The summed E-state index contributed by atoms with van der Waals surface area (Å²) in [5.41, 5.74) is 1.57. The van der Waals surface area contributed by atoms with Crippen molar-refractivity contribution in [3.63, 3.8) is 0 Å². The van der Waals surface area contributed by atoms with Crippen LogP contribution in [0.3, 0.4) is 0 Å². The molecule has 0 radical (unpaired) electrons. The fourth-order valence-corrected chi connectivity index (χ4v) is 3.62. The summed E-state index contributed by atoms with van der Waals surface area (Å²) in [6.07, 6.45) is 4.81. The normalized spacial score (nSPS) is 21.2. The van der Waals surface area contributed by atoms with Crippen LogP contribution in [0, 0.1) is 6.92 Å². The number of piperidine rings is 1. The lowest BCUT2D eigenvalue weighted by atomic mass is 9.85. The molecule has 1 aromatic rings. The molecule has 1 aliphatic rings. The minimum atomic E-state index is -0.437. The Hall–Kier alpha value is -0.580. The second-order valence-electron chi connectivity index (χ2n) is 6.45. The number of aliphatic hydroxyl groups excluding tert-OH is 1. The van der Waals surface area contributed by atoms with Crippen molar-refractivity contribution in [2.45, 2.75) is 64.5 Å². The Morgan fingerprint density at radius 1 is 1.33 bits per heavy atom. The van der Waals surface area contributed by atoms with Gasteiger partial charge in [0.25, 0.3) is 0 Å². The van der Waals surface area contributed by atoms with Crippen LogP contribution in [0.15, 0.2) is 0 Å². The second-order valence-corrected chi connectivity index (χ2v) is 6.83. The van der Waals surface area contributed by atoms with Gasteiger partial charge in [-0.15, -0.1) is 0 Å². The van der Waals surface area contributed by atoms with Crippen LogP contribution in [0.4, 0.5) is 0 Å². The Bertz CT molecular complexity index is 482. The van der Waals surface area contributed by atoms with Gasteiger partial charge in [0.15, 0.2) is 0 Å². The minimum Gasteiger partial charge on any atom is -0.391 e. The lowest BCUT2D eigenvalue weighted by Crippen LogP contribution is -2.56. The molecular formula is C16H28ClN3O. The highest BCUT2D eigenvalue weighted by atomic mass is 35.5. The van der Waals surface area contributed by atoms with Crippen LogP contribution in [0.5, 0.6) is 0 Å². The standard InChI is InChI=1S/C16H28ClN3O/c1-5-16(3,20-9-7-6-8-10-20)14(21)11-13-15(17)12(2)18-19(13)4/h14,21H,5-11H2,1-4H3. The number of aryl methyl sites for hydroxylation is 2. The third-order valence-corrected chi connectivity index (χ3v) is 5.65. The van der Waals surface area contributed by atoms with Gasteiger partial charge in [-0.3, -0.25) is 9.58 Å². The van der Waals surface area contributed by atoms with E-state index in [0.717, 1.165) is 30.9 Å². The Balaban J connectivity index is 2.17. The SMILES string of the molecule is CCC(C)(C(O)Cc1c(Cl)c(C)nn1C)N1CCCCC1. The predicted molar refractivity (Wildman–Crippen MR) is 86.8 cm³/mol. The zero-order valence-corrected chi connectivity index (χ0v) is 14.4. The fourth-order valence-electron chi connectivity index (χ4n) is 3.38. The molecule has 21 heavy (non-hydrogen) atoms. The molecule has 5 heteroatoms. The molecule has 0 saturated carbocycles. The fraction of sp³-hybridized carbons (Fsp3) is 0.812. The van der Waals surface area contributed by atoms with E-state index in [-0.39, 0.29) is 5.54 Å². The van der Waals surface area contributed by atoms with Gasteiger partial charge in [0.05, 0.1) is 22.5 Å². The van der Waals surface area contributed by atoms with Crippen molar-refractivity contribution in [1.29, 1.82) is 0 Å². The van der Waals surface area contributed by atoms with Gasteiger partial charge in [-0.25, -0.2) is 0 Å². The van der Waals surface area contributed by atoms with E-state index in [1.54, 1.807) is 4.68 Å². The highest BCUT2D eigenvalue weighted by molar-refractivity contribution is 6.31. The number of hydrogen-bond acceptors (Lipinski definition) is 3. The zero-order chi connectivity index (χ0) is 15.6. The molecule has 1 fully saturated rings. The average molecular weight is 314 g/mol. The van der Waals surface area contributed by atoms with Gasteiger partial charge in [-0.2, -0.15) is 5.10 Å². The van der Waals surface area contributed by atoms with Crippen molar-refractivity contribution in [3.8, 4) is 0 Å². The Kier molecular flexibility index (Phi) is 5.33. The number of likely N-dealkylation sites (tertiary alicyclic amines) is 1. The minimum absolute atomic E-state index is 0.193. The first kappa shape index (κ1) is 16.8. The number of halogens is 1. The zero-order valence-electron chi connectivity index (χ0n) is 13.7. The molecule has 0 aromatic carbocycles. The van der Waals surface area contributed by atoms with Crippen LogP contribution in [0.2, 0.25) is 5.02 Å². The third kappa shape index (κ3) is 3.27. The highest BCUT2D eigenvalue weighted by Crippen LogP contribution is 2.31. The van der Waals surface area contributed by atoms with Gasteiger partial charge in [-0.05, 0) is 46.2 Å². The Labute approximate surface area is 133 Å². The van der Waals surface area contributed by atoms with Crippen LogP contribution in [-0.4, -0.2) is 44.5 Å². The van der Waals surface area contributed by atoms with Crippen molar-refractivity contribution in [3.05, 3.63) is 16.4 Å². The lowest BCUT2D eigenvalue weighted by Gasteiger charge is -2.46. The maximum absolute atomic E-state index is 10.9. The van der Waals surface area contributed by atoms with Crippen LogP contribution >= 0.6 is 11.6 Å². The second kappa shape index (κ2) is 6.67. The van der Waals surface area contributed by atoms with Crippen LogP contribution < -0.4 is 0 Å². The van der Waals surface area contributed by atoms with E-state index >= 15 is 0 Å². The molecule has 2 atom stereocenters. The van der Waals surface area contributed by atoms with Gasteiger partial charge in [0.2, 0.25) is 0 Å². The molecule has 0 bridgehead atoms. The summed E-state index contributed by atoms with van der Waals surface area (Å²) in [6.45, 7) is 8.41. The monoisotopic (exact) mass is 313 g/mol. The smallest absolute Gasteiger partial charge is 0.0847 e. The molecule has 0 aliphatic carbocycles. The molecule has 0 spiro atoms. The molecule has 2 unspecified atom stereocenters. The van der Waals surface area contributed by atoms with Gasteiger partial charge in [0.1, 0.15) is 0 Å². The molecule has 0 amide bonds. The predicted octanol–water partition coefficient (Wildman–Crippen LogP) is 2.94. The quantitative estimate of drug-likeness (QED) is 0.908. The van der Waals surface area contributed by atoms with E-state index in [0.29, 0.717) is 11.4 Å². The number of aliphatic hydroxyl groups is 1. The highest BCUT2D eigenvalue weighted by Gasteiger charge is 2.38. The molecule has 1 aromatic heterocycles.